The molecule has 6 heteroatoms. The van der Waals surface area contributed by atoms with Crippen LogP contribution in [-0.2, 0) is 6.54 Å². The van der Waals surface area contributed by atoms with Gasteiger partial charge in [-0.3, -0.25) is 10.1 Å². The standard InChI is InChI=1S/C13H10ClFN2O2/c14-10-5-11(15)7-12(6-10)16-8-9-1-3-13(4-2-9)17(18)19/h1-7,16H,8H2. The molecule has 2 aromatic rings. The van der Waals surface area contributed by atoms with Gasteiger partial charge in [0.15, 0.2) is 0 Å². The summed E-state index contributed by atoms with van der Waals surface area (Å²) in [6.45, 7) is 0.428. The van der Waals surface area contributed by atoms with Gasteiger partial charge in [-0.25, -0.2) is 4.39 Å². The summed E-state index contributed by atoms with van der Waals surface area (Å²) in [5, 5.41) is 13.8. The molecule has 4 nitrogen and oxygen atoms in total. The van der Waals surface area contributed by atoms with Crippen molar-refractivity contribution in [3.8, 4) is 0 Å². The molecule has 0 aliphatic rings. The van der Waals surface area contributed by atoms with Crippen LogP contribution in [-0.4, -0.2) is 4.92 Å². The van der Waals surface area contributed by atoms with Gasteiger partial charge in [-0.05, 0) is 23.8 Å². The van der Waals surface area contributed by atoms with Crippen molar-refractivity contribution in [1.29, 1.82) is 0 Å². The molecule has 0 atom stereocenters. The second-order valence-corrected chi connectivity index (χ2v) is 4.37. The van der Waals surface area contributed by atoms with E-state index in [1.165, 1.54) is 24.3 Å². The van der Waals surface area contributed by atoms with E-state index in [1.54, 1.807) is 18.2 Å². The molecule has 0 aliphatic carbocycles. The Morgan fingerprint density at radius 1 is 1.21 bits per heavy atom. The summed E-state index contributed by atoms with van der Waals surface area (Å²) in [5.41, 5.74) is 1.45. The van der Waals surface area contributed by atoms with Crippen LogP contribution < -0.4 is 5.32 Å². The van der Waals surface area contributed by atoms with Crippen molar-refractivity contribution in [3.63, 3.8) is 0 Å². The van der Waals surface area contributed by atoms with Gasteiger partial charge in [0.1, 0.15) is 5.82 Å². The highest BCUT2D eigenvalue weighted by atomic mass is 35.5. The highest BCUT2D eigenvalue weighted by Gasteiger charge is 2.04. The van der Waals surface area contributed by atoms with E-state index in [-0.39, 0.29) is 5.69 Å². The largest absolute Gasteiger partial charge is 0.381 e. The second-order valence-electron chi connectivity index (χ2n) is 3.94. The fraction of sp³-hybridized carbons (Fsp3) is 0.0769. The normalized spacial score (nSPS) is 10.2. The molecule has 0 bridgehead atoms. The molecule has 0 saturated carbocycles. The Bertz CT molecular complexity index is 582. The van der Waals surface area contributed by atoms with Crippen molar-refractivity contribution in [1.82, 2.24) is 0 Å². The van der Waals surface area contributed by atoms with Crippen LogP contribution >= 0.6 is 11.6 Å². The maximum absolute atomic E-state index is 13.1. The predicted molar refractivity (Wildman–Crippen MR) is 71.8 cm³/mol. The maximum atomic E-state index is 13.1. The van der Waals surface area contributed by atoms with Gasteiger partial charge >= 0.3 is 0 Å². The van der Waals surface area contributed by atoms with Crippen LogP contribution in [0.5, 0.6) is 0 Å². The second kappa shape index (κ2) is 5.67. The van der Waals surface area contributed by atoms with Crippen LogP contribution in [0, 0.1) is 15.9 Å². The van der Waals surface area contributed by atoms with Crippen molar-refractivity contribution in [2.24, 2.45) is 0 Å². The number of non-ortho nitro benzene ring substituents is 1. The molecule has 2 aromatic carbocycles. The lowest BCUT2D eigenvalue weighted by molar-refractivity contribution is -0.384. The van der Waals surface area contributed by atoms with Gasteiger partial charge in [-0.15, -0.1) is 0 Å². The highest BCUT2D eigenvalue weighted by molar-refractivity contribution is 6.30. The van der Waals surface area contributed by atoms with Gasteiger partial charge in [0.25, 0.3) is 5.69 Å². The van der Waals surface area contributed by atoms with Gasteiger partial charge in [0.05, 0.1) is 4.92 Å². The summed E-state index contributed by atoms with van der Waals surface area (Å²) in [5.74, 6) is -0.418. The Labute approximate surface area is 114 Å². The third kappa shape index (κ3) is 3.66. The first kappa shape index (κ1) is 13.3. The molecule has 0 heterocycles. The molecule has 0 saturated heterocycles. The summed E-state index contributed by atoms with van der Waals surface area (Å²) < 4.78 is 13.1. The fourth-order valence-corrected chi connectivity index (χ4v) is 1.82. The average molecular weight is 281 g/mol. The van der Waals surface area contributed by atoms with Crippen molar-refractivity contribution in [3.05, 3.63) is 69.0 Å². The summed E-state index contributed by atoms with van der Waals surface area (Å²) >= 11 is 5.73. The Morgan fingerprint density at radius 3 is 2.47 bits per heavy atom. The van der Waals surface area contributed by atoms with Gasteiger partial charge < -0.3 is 5.32 Å². The zero-order valence-electron chi connectivity index (χ0n) is 9.77. The number of hydrogen-bond acceptors (Lipinski definition) is 3. The lowest BCUT2D eigenvalue weighted by atomic mass is 10.2. The van der Waals surface area contributed by atoms with E-state index < -0.39 is 10.7 Å². The number of anilines is 1. The minimum Gasteiger partial charge on any atom is -0.381 e. The Kier molecular flexibility index (Phi) is 3.97. The molecule has 2 rings (SSSR count). The van der Waals surface area contributed by atoms with E-state index in [1.807, 2.05) is 0 Å². The van der Waals surface area contributed by atoms with Crippen LogP contribution in [0.25, 0.3) is 0 Å². The van der Waals surface area contributed by atoms with E-state index >= 15 is 0 Å². The van der Waals surface area contributed by atoms with Crippen LogP contribution in [0.2, 0.25) is 5.02 Å². The Balaban J connectivity index is 2.03. The zero-order chi connectivity index (χ0) is 13.8. The number of nitro groups is 1. The van der Waals surface area contributed by atoms with Crippen molar-refractivity contribution in [2.45, 2.75) is 6.54 Å². The number of rotatable bonds is 4. The molecule has 19 heavy (non-hydrogen) atoms. The molecule has 0 fully saturated rings. The molecule has 98 valence electrons. The molecular weight excluding hydrogens is 271 g/mol. The summed E-state index contributed by atoms with van der Waals surface area (Å²) in [7, 11) is 0. The van der Waals surface area contributed by atoms with E-state index in [9.17, 15) is 14.5 Å². The van der Waals surface area contributed by atoms with Gasteiger partial charge in [-0.1, -0.05) is 23.7 Å². The first-order valence-corrected chi connectivity index (χ1v) is 5.86. The number of nitrogens with zero attached hydrogens (tertiary/aromatic N) is 1. The quantitative estimate of drug-likeness (QED) is 0.680. The summed E-state index contributed by atoms with van der Waals surface area (Å²) in [6.07, 6.45) is 0. The topological polar surface area (TPSA) is 55.2 Å². The number of nitrogens with one attached hydrogen (secondary N) is 1. The fourth-order valence-electron chi connectivity index (χ4n) is 1.60. The first-order valence-electron chi connectivity index (χ1n) is 5.48. The number of nitro benzene ring substituents is 1. The number of hydrogen-bond donors (Lipinski definition) is 1. The predicted octanol–water partition coefficient (Wildman–Crippen LogP) is 4.00. The SMILES string of the molecule is O=[N+]([O-])c1ccc(CNc2cc(F)cc(Cl)c2)cc1. The van der Waals surface area contributed by atoms with Crippen molar-refractivity contribution in [2.75, 3.05) is 5.32 Å². The van der Waals surface area contributed by atoms with Crippen LogP contribution in [0.1, 0.15) is 5.56 Å². The van der Waals surface area contributed by atoms with Gasteiger partial charge in [0.2, 0.25) is 0 Å². The monoisotopic (exact) mass is 280 g/mol. The van der Waals surface area contributed by atoms with Crippen molar-refractivity contribution >= 4 is 23.0 Å². The van der Waals surface area contributed by atoms with Gasteiger partial charge in [0, 0.05) is 29.4 Å². The minimum atomic E-state index is -0.455. The van der Waals surface area contributed by atoms with Gasteiger partial charge in [-0.2, -0.15) is 0 Å². The van der Waals surface area contributed by atoms with Crippen LogP contribution in [0.4, 0.5) is 15.8 Å². The van der Waals surface area contributed by atoms with Crippen molar-refractivity contribution < 1.29 is 9.31 Å². The van der Waals surface area contributed by atoms with Crippen LogP contribution in [0.3, 0.4) is 0 Å². The third-order valence-corrected chi connectivity index (χ3v) is 2.72. The lowest BCUT2D eigenvalue weighted by Crippen LogP contribution is -2.00. The van der Waals surface area contributed by atoms with E-state index in [0.717, 1.165) is 5.56 Å². The molecule has 1 N–H and O–H groups in total. The molecule has 0 radical (unpaired) electrons. The third-order valence-electron chi connectivity index (χ3n) is 2.51. The first-order chi connectivity index (χ1) is 9.04. The smallest absolute Gasteiger partial charge is 0.269 e. The van der Waals surface area contributed by atoms with E-state index in [4.69, 9.17) is 11.6 Å². The minimum absolute atomic E-state index is 0.0394. The highest BCUT2D eigenvalue weighted by Crippen LogP contribution is 2.19. The molecule has 0 spiro atoms. The molecule has 0 aromatic heterocycles. The average Bonchev–Trinajstić information content (AvgIpc) is 2.36. The summed E-state index contributed by atoms with van der Waals surface area (Å²) in [4.78, 5) is 10.0. The Hall–Kier alpha value is -2.14. The number of benzene rings is 2. The van der Waals surface area contributed by atoms with Crippen LogP contribution in [0.15, 0.2) is 42.5 Å². The molecule has 0 amide bonds. The zero-order valence-corrected chi connectivity index (χ0v) is 10.5. The van der Waals surface area contributed by atoms with E-state index in [0.29, 0.717) is 17.3 Å². The lowest BCUT2D eigenvalue weighted by Gasteiger charge is -2.07. The number of halogens is 2. The van der Waals surface area contributed by atoms with E-state index in [2.05, 4.69) is 5.32 Å². The molecule has 0 aliphatic heterocycles. The maximum Gasteiger partial charge on any atom is 0.269 e. The Morgan fingerprint density at radius 2 is 1.89 bits per heavy atom. The summed E-state index contributed by atoms with van der Waals surface area (Å²) in [6, 6.07) is 10.3. The molecule has 0 unspecified atom stereocenters. The molecular formula is C13H10ClFN2O2.